The van der Waals surface area contributed by atoms with Crippen molar-refractivity contribution >= 4 is 116 Å². The Balaban J connectivity index is 0.000000143. The second-order valence-electron chi connectivity index (χ2n) is 18.9. The van der Waals surface area contributed by atoms with E-state index in [-0.39, 0.29) is 0 Å². The van der Waals surface area contributed by atoms with E-state index in [1.807, 2.05) is 34.0 Å². The molecule has 4 heteroatoms. The van der Waals surface area contributed by atoms with Crippen molar-refractivity contribution in [2.45, 2.75) is 40.0 Å². The number of rotatable bonds is 6. The number of benzene rings is 10. The second-order valence-corrected chi connectivity index (χ2v) is 22.1. The zero-order valence-corrected chi connectivity index (χ0v) is 42.0. The van der Waals surface area contributed by atoms with Crippen LogP contribution in [0.15, 0.2) is 206 Å². The third kappa shape index (κ3) is 7.24. The van der Waals surface area contributed by atoms with Gasteiger partial charge in [-0.05, 0) is 167 Å². The first-order valence-corrected chi connectivity index (χ1v) is 26.8. The third-order valence-corrected chi connectivity index (χ3v) is 18.1. The summed E-state index contributed by atoms with van der Waals surface area (Å²) in [6.07, 6.45) is 1.17. The predicted octanol–water partition coefficient (Wildman–Crippen LogP) is 20.7. The van der Waals surface area contributed by atoms with Gasteiger partial charge in [0.15, 0.2) is 0 Å². The highest BCUT2D eigenvalue weighted by Gasteiger charge is 2.17. The molecule has 0 saturated heterocycles. The predicted molar refractivity (Wildman–Crippen MR) is 310 cm³/mol. The van der Waals surface area contributed by atoms with Crippen LogP contribution in [0.2, 0.25) is 0 Å². The van der Waals surface area contributed by atoms with E-state index in [0.29, 0.717) is 5.92 Å². The van der Waals surface area contributed by atoms with Crippen LogP contribution < -0.4 is 0 Å². The highest BCUT2D eigenvalue weighted by Crippen LogP contribution is 2.42. The van der Waals surface area contributed by atoms with E-state index in [1.54, 1.807) is 0 Å². The number of thiophene rings is 3. The standard InChI is InChI=1S/C38H27NS.C28H22S2/c1-24-9-3-4-10-29(24)32-21-26(16-15-25(32)2)27-17-19-36-33(22-27)30-11-5-7-13-35(30)39(36)28-18-20-38-34(23-28)31-12-6-8-14-37(31)40-38;1-3-17(2)18-8-11-27-23(14-18)24-16-20(10-13-28(24)30-27)19-9-12-26-22(15-19)21-6-4-5-7-25(21)29-26/h3-23H,1-2H3;4-17H,3H2,1-2H3. The first-order chi connectivity index (χ1) is 34.4. The molecule has 4 heterocycles. The monoisotopic (exact) mass is 951 g/mol. The van der Waals surface area contributed by atoms with Crippen molar-refractivity contribution in [1.82, 2.24) is 4.57 Å². The van der Waals surface area contributed by atoms with E-state index in [4.69, 9.17) is 0 Å². The van der Waals surface area contributed by atoms with Gasteiger partial charge in [0, 0.05) is 77.0 Å². The van der Waals surface area contributed by atoms with Crippen molar-refractivity contribution in [2.75, 3.05) is 0 Å². The number of hydrogen-bond donors (Lipinski definition) is 0. The van der Waals surface area contributed by atoms with Crippen molar-refractivity contribution in [2.24, 2.45) is 0 Å². The molecule has 10 aromatic carbocycles. The van der Waals surface area contributed by atoms with E-state index in [1.165, 1.54) is 145 Å². The molecule has 336 valence electrons. The topological polar surface area (TPSA) is 4.93 Å². The van der Waals surface area contributed by atoms with Gasteiger partial charge in [-0.25, -0.2) is 0 Å². The summed E-state index contributed by atoms with van der Waals surface area (Å²) in [6, 6.07) is 76.6. The van der Waals surface area contributed by atoms with Crippen LogP contribution in [0, 0.1) is 13.8 Å². The molecule has 70 heavy (non-hydrogen) atoms. The fraction of sp³-hybridized carbons (Fsp3) is 0.0909. The molecule has 0 aliphatic heterocycles. The fourth-order valence-corrected chi connectivity index (χ4v) is 13.9. The quantitative estimate of drug-likeness (QED) is 0.157. The van der Waals surface area contributed by atoms with Gasteiger partial charge in [0.05, 0.1) is 11.0 Å². The summed E-state index contributed by atoms with van der Waals surface area (Å²) >= 11 is 5.65. The minimum atomic E-state index is 0.599. The van der Waals surface area contributed by atoms with Crippen LogP contribution in [0.3, 0.4) is 0 Å². The van der Waals surface area contributed by atoms with E-state index < -0.39 is 0 Å². The molecule has 0 bridgehead atoms. The Morgan fingerprint density at radius 1 is 0.357 bits per heavy atom. The van der Waals surface area contributed by atoms with E-state index in [9.17, 15) is 0 Å². The molecule has 0 aliphatic carbocycles. The highest BCUT2D eigenvalue weighted by molar-refractivity contribution is 7.26. The van der Waals surface area contributed by atoms with E-state index in [2.05, 4.69) is 239 Å². The maximum absolute atomic E-state index is 2.42. The molecule has 14 rings (SSSR count). The van der Waals surface area contributed by atoms with Crippen LogP contribution >= 0.6 is 34.0 Å². The maximum Gasteiger partial charge on any atom is 0.0541 e. The van der Waals surface area contributed by atoms with Crippen molar-refractivity contribution in [3.63, 3.8) is 0 Å². The van der Waals surface area contributed by atoms with Crippen molar-refractivity contribution in [3.05, 3.63) is 223 Å². The van der Waals surface area contributed by atoms with Gasteiger partial charge in [0.2, 0.25) is 0 Å². The summed E-state index contributed by atoms with van der Waals surface area (Å²) in [5.74, 6) is 0.599. The Morgan fingerprint density at radius 3 is 1.49 bits per heavy atom. The molecule has 0 N–H and O–H groups in total. The zero-order chi connectivity index (χ0) is 47.0. The van der Waals surface area contributed by atoms with Crippen LogP contribution in [0.1, 0.15) is 42.9 Å². The van der Waals surface area contributed by atoms with E-state index in [0.717, 1.165) is 0 Å². The molecular formula is C66H49NS3. The summed E-state index contributed by atoms with van der Waals surface area (Å²) in [7, 11) is 0. The summed E-state index contributed by atoms with van der Waals surface area (Å²) in [6.45, 7) is 8.99. The lowest BCUT2D eigenvalue weighted by Gasteiger charge is -2.12. The Morgan fingerprint density at radius 2 is 0.814 bits per heavy atom. The van der Waals surface area contributed by atoms with Gasteiger partial charge in [0.1, 0.15) is 0 Å². The van der Waals surface area contributed by atoms with Gasteiger partial charge in [-0.1, -0.05) is 129 Å². The average molecular weight is 952 g/mol. The van der Waals surface area contributed by atoms with Crippen molar-refractivity contribution < 1.29 is 0 Å². The molecule has 0 radical (unpaired) electrons. The second kappa shape index (κ2) is 17.3. The Kier molecular flexibility index (Phi) is 10.5. The van der Waals surface area contributed by atoms with Gasteiger partial charge >= 0.3 is 0 Å². The number of para-hydroxylation sites is 1. The minimum Gasteiger partial charge on any atom is -0.309 e. The van der Waals surface area contributed by atoms with E-state index >= 15 is 0 Å². The van der Waals surface area contributed by atoms with Gasteiger partial charge in [-0.15, -0.1) is 34.0 Å². The summed E-state index contributed by atoms with van der Waals surface area (Å²) in [4.78, 5) is 0. The number of hydrogen-bond acceptors (Lipinski definition) is 3. The molecule has 0 saturated carbocycles. The number of nitrogens with zero attached hydrogens (tertiary/aromatic N) is 1. The van der Waals surface area contributed by atoms with Crippen LogP contribution in [0.4, 0.5) is 0 Å². The molecule has 1 unspecified atom stereocenters. The van der Waals surface area contributed by atoms with Gasteiger partial charge in [0.25, 0.3) is 0 Å². The smallest absolute Gasteiger partial charge is 0.0541 e. The summed E-state index contributed by atoms with van der Waals surface area (Å²) < 4.78 is 10.6. The number of aryl methyl sites for hydroxylation is 2. The van der Waals surface area contributed by atoms with Crippen molar-refractivity contribution in [1.29, 1.82) is 0 Å². The van der Waals surface area contributed by atoms with Crippen molar-refractivity contribution in [3.8, 4) is 39.1 Å². The molecule has 14 aromatic rings. The van der Waals surface area contributed by atoms with Crippen LogP contribution in [0.5, 0.6) is 0 Å². The average Bonchev–Trinajstić information content (AvgIpc) is 4.17. The molecule has 1 atom stereocenters. The number of fused-ring (bicyclic) bond motifs is 12. The number of aromatic nitrogens is 1. The Labute approximate surface area is 420 Å². The molecule has 0 aliphatic rings. The van der Waals surface area contributed by atoms with Crippen LogP contribution in [-0.4, -0.2) is 4.57 Å². The van der Waals surface area contributed by atoms with Gasteiger partial charge in [-0.3, -0.25) is 0 Å². The Hall–Kier alpha value is -7.34. The lowest BCUT2D eigenvalue weighted by Crippen LogP contribution is -1.93. The largest absolute Gasteiger partial charge is 0.309 e. The minimum absolute atomic E-state index is 0.599. The SMILES string of the molecule is CCC(C)c1ccc2sc3ccc(-c4ccc5sc6ccccc6c5c4)cc3c2c1.Cc1ccccc1-c1cc(-c2ccc3c(c2)c2ccccc2n3-c2ccc3sc4ccccc4c3c2)ccc1C. The Bertz CT molecular complexity index is 4340. The lowest BCUT2D eigenvalue weighted by molar-refractivity contribution is 0.735. The van der Waals surface area contributed by atoms with Gasteiger partial charge < -0.3 is 4.57 Å². The summed E-state index contributed by atoms with van der Waals surface area (Å²) in [5, 5.41) is 10.7. The first-order valence-electron chi connectivity index (χ1n) is 24.4. The molecule has 0 spiro atoms. The zero-order valence-electron chi connectivity index (χ0n) is 39.6. The molecule has 0 fully saturated rings. The van der Waals surface area contributed by atoms with Crippen LogP contribution in [-0.2, 0) is 0 Å². The summed E-state index contributed by atoms with van der Waals surface area (Å²) in [5.41, 5.74) is 15.4. The van der Waals surface area contributed by atoms with Gasteiger partial charge in [-0.2, -0.15) is 0 Å². The molecule has 4 aromatic heterocycles. The highest BCUT2D eigenvalue weighted by atomic mass is 32.1. The fourth-order valence-electron chi connectivity index (χ4n) is 10.7. The lowest BCUT2D eigenvalue weighted by atomic mass is 9.92. The molecular weight excluding hydrogens is 903 g/mol. The normalized spacial score (nSPS) is 12.3. The molecule has 0 amide bonds. The third-order valence-electron chi connectivity index (χ3n) is 14.7. The molecule has 1 nitrogen and oxygen atoms in total. The van der Waals surface area contributed by atoms with Crippen LogP contribution in [0.25, 0.3) is 121 Å². The maximum atomic E-state index is 2.42. The first kappa shape index (κ1) is 42.7.